The van der Waals surface area contributed by atoms with Crippen LogP contribution < -0.4 is 0 Å². The summed E-state index contributed by atoms with van der Waals surface area (Å²) in [6.45, 7) is 0. The van der Waals surface area contributed by atoms with Crippen molar-refractivity contribution < 1.29 is 4.42 Å². The van der Waals surface area contributed by atoms with Crippen LogP contribution in [0, 0.1) is 3.57 Å². The lowest BCUT2D eigenvalue weighted by molar-refractivity contribution is 0.673. The normalized spacial score (nSPS) is 12.0. The molecule has 0 aliphatic carbocycles. The molecule has 11 aromatic rings. The molecule has 3 aromatic heterocycles. The molecule has 0 aliphatic rings. The van der Waals surface area contributed by atoms with Crippen molar-refractivity contribution >= 4 is 98.8 Å². The van der Waals surface area contributed by atoms with E-state index in [1.165, 1.54) is 38.1 Å². The average molecular weight is 763 g/mol. The van der Waals surface area contributed by atoms with E-state index in [1.807, 2.05) is 0 Å². The Kier molecular flexibility index (Phi) is 6.22. The van der Waals surface area contributed by atoms with Gasteiger partial charge >= 0.3 is 0 Å². The van der Waals surface area contributed by atoms with Gasteiger partial charge in [-0.2, -0.15) is 0 Å². The highest BCUT2D eigenvalue weighted by Gasteiger charge is 2.22. The molecule has 0 fully saturated rings. The molecule has 0 unspecified atom stereocenters. The molecule has 0 N–H and O–H groups in total. The van der Waals surface area contributed by atoms with Gasteiger partial charge in [-0.05, 0) is 97.9 Å². The molecular weight excluding hydrogens is 735 g/mol. The van der Waals surface area contributed by atoms with Gasteiger partial charge in [-0.1, -0.05) is 121 Å². The third-order valence-electron chi connectivity index (χ3n) is 10.4. The van der Waals surface area contributed by atoms with Crippen LogP contribution in [0.4, 0.5) is 0 Å². The number of halogens is 1. The van der Waals surface area contributed by atoms with Gasteiger partial charge in [0.1, 0.15) is 11.2 Å². The minimum atomic E-state index is 0.883. The van der Waals surface area contributed by atoms with Gasteiger partial charge in [0.05, 0.1) is 20.1 Å². The molecule has 0 spiro atoms. The minimum absolute atomic E-state index is 0.883. The Balaban J connectivity index is 1.21. The number of rotatable bonds is 3. The zero-order valence-corrected chi connectivity index (χ0v) is 29.4. The van der Waals surface area contributed by atoms with Gasteiger partial charge < -0.3 is 4.42 Å². The Morgan fingerprint density at radius 3 is 2.00 bits per heavy atom. The average Bonchev–Trinajstić information content (AvgIpc) is 3.73. The number of furan rings is 1. The largest absolute Gasteiger partial charge is 0.455 e. The summed E-state index contributed by atoms with van der Waals surface area (Å²) in [7, 11) is 0. The number of aromatic nitrogens is 2. The molecule has 3 nitrogen and oxygen atoms in total. The van der Waals surface area contributed by atoms with Gasteiger partial charge in [-0.25, -0.2) is 4.98 Å². The van der Waals surface area contributed by atoms with Gasteiger partial charge in [0.15, 0.2) is 5.82 Å². The lowest BCUT2D eigenvalue weighted by Gasteiger charge is -2.16. The molecule has 238 valence electrons. The highest BCUT2D eigenvalue weighted by atomic mass is 127. The van der Waals surface area contributed by atoms with Crippen LogP contribution in [0.5, 0.6) is 0 Å². The summed E-state index contributed by atoms with van der Waals surface area (Å²) in [6, 6.07) is 58.7. The van der Waals surface area contributed by atoms with E-state index in [-0.39, 0.29) is 0 Å². The summed E-state index contributed by atoms with van der Waals surface area (Å²) >= 11 is 2.53. The van der Waals surface area contributed by atoms with E-state index < -0.39 is 0 Å². The number of pyridine rings is 1. The standard InChI is InChI=1S/C47H27IN2O/c48-45-43(32-19-22-35-36-23-18-30-13-5-7-15-34(30)46(36)51-42(35)27-32)37-16-8-9-17-39(37)49-47(45)50-40-24-21-31(28-10-2-1-3-11-28)26-38(40)44-33-14-6-4-12-29(33)20-25-41(44)50/h1-27H. The maximum Gasteiger partial charge on any atom is 0.152 e. The Bertz CT molecular complexity index is 3210. The zero-order valence-electron chi connectivity index (χ0n) is 27.3. The Morgan fingerprint density at radius 1 is 0.471 bits per heavy atom. The van der Waals surface area contributed by atoms with E-state index in [1.54, 1.807) is 0 Å². The van der Waals surface area contributed by atoms with Gasteiger partial charge in [0.2, 0.25) is 0 Å². The molecule has 3 heterocycles. The van der Waals surface area contributed by atoms with Crippen molar-refractivity contribution in [3.63, 3.8) is 0 Å². The second kappa shape index (κ2) is 11.0. The number of nitrogens with zero attached hydrogens (tertiary/aromatic N) is 2. The van der Waals surface area contributed by atoms with Crippen LogP contribution in [0.3, 0.4) is 0 Å². The van der Waals surface area contributed by atoms with E-state index in [2.05, 4.69) is 191 Å². The van der Waals surface area contributed by atoms with Crippen LogP contribution in [0.2, 0.25) is 0 Å². The molecule has 51 heavy (non-hydrogen) atoms. The van der Waals surface area contributed by atoms with Gasteiger partial charge in [0, 0.05) is 37.9 Å². The molecule has 0 aliphatic heterocycles. The quantitative estimate of drug-likeness (QED) is 0.168. The molecule has 4 heteroatoms. The Hall–Kier alpha value is -5.98. The summed E-state index contributed by atoms with van der Waals surface area (Å²) in [5.74, 6) is 0.919. The first kappa shape index (κ1) is 28.8. The second-order valence-corrected chi connectivity index (χ2v) is 14.3. The third kappa shape index (κ3) is 4.26. The summed E-state index contributed by atoms with van der Waals surface area (Å²) < 4.78 is 10.1. The smallest absolute Gasteiger partial charge is 0.152 e. The molecule has 0 amide bonds. The van der Waals surface area contributed by atoms with E-state index in [4.69, 9.17) is 9.40 Å². The van der Waals surface area contributed by atoms with E-state index in [9.17, 15) is 0 Å². The molecule has 0 bridgehead atoms. The number of fused-ring (bicyclic) bond motifs is 11. The first-order chi connectivity index (χ1) is 25.2. The van der Waals surface area contributed by atoms with Crippen molar-refractivity contribution in [3.8, 4) is 28.1 Å². The fourth-order valence-corrected chi connectivity index (χ4v) is 9.06. The lowest BCUT2D eigenvalue weighted by atomic mass is 9.99. The summed E-state index contributed by atoms with van der Waals surface area (Å²) in [6.07, 6.45) is 0. The maximum atomic E-state index is 6.66. The predicted octanol–water partition coefficient (Wildman–Crippen LogP) is 13.5. The second-order valence-electron chi connectivity index (χ2n) is 13.2. The van der Waals surface area contributed by atoms with Gasteiger partial charge in [-0.3, -0.25) is 4.57 Å². The van der Waals surface area contributed by atoms with Crippen LogP contribution in [-0.2, 0) is 0 Å². The van der Waals surface area contributed by atoms with Crippen LogP contribution in [0.15, 0.2) is 168 Å². The van der Waals surface area contributed by atoms with E-state index in [0.717, 1.165) is 69.8 Å². The molecule has 0 saturated heterocycles. The van der Waals surface area contributed by atoms with Crippen LogP contribution in [-0.4, -0.2) is 9.55 Å². The van der Waals surface area contributed by atoms with Crippen LogP contribution in [0.1, 0.15) is 0 Å². The molecular formula is C47H27IN2O. The lowest BCUT2D eigenvalue weighted by Crippen LogP contribution is -2.03. The molecule has 8 aromatic carbocycles. The van der Waals surface area contributed by atoms with E-state index >= 15 is 0 Å². The molecule has 11 rings (SSSR count). The molecule has 0 saturated carbocycles. The fourth-order valence-electron chi connectivity index (χ4n) is 8.09. The maximum absolute atomic E-state index is 6.66. The van der Waals surface area contributed by atoms with Gasteiger partial charge in [-0.15, -0.1) is 0 Å². The number of para-hydroxylation sites is 1. The predicted molar refractivity (Wildman–Crippen MR) is 222 cm³/mol. The SMILES string of the molecule is Ic1c(-n2c3ccc(-c4ccccc4)cc3c3c4ccccc4ccc32)nc2ccccc2c1-c1ccc2c(c1)oc1c3ccccc3ccc21. The Morgan fingerprint density at radius 2 is 1.14 bits per heavy atom. The highest BCUT2D eigenvalue weighted by molar-refractivity contribution is 14.1. The molecule has 0 radical (unpaired) electrons. The van der Waals surface area contributed by atoms with Crippen molar-refractivity contribution in [2.45, 2.75) is 0 Å². The summed E-state index contributed by atoms with van der Waals surface area (Å²) in [4.78, 5) is 5.43. The van der Waals surface area contributed by atoms with Crippen molar-refractivity contribution in [2.75, 3.05) is 0 Å². The first-order valence-electron chi connectivity index (χ1n) is 17.2. The third-order valence-corrected chi connectivity index (χ3v) is 11.5. The number of hydrogen-bond donors (Lipinski definition) is 0. The van der Waals surface area contributed by atoms with E-state index in [0.29, 0.717) is 0 Å². The van der Waals surface area contributed by atoms with Crippen molar-refractivity contribution in [2.24, 2.45) is 0 Å². The first-order valence-corrected chi connectivity index (χ1v) is 18.2. The van der Waals surface area contributed by atoms with Crippen LogP contribution >= 0.6 is 22.6 Å². The Labute approximate surface area is 306 Å². The number of benzene rings is 8. The van der Waals surface area contributed by atoms with Crippen molar-refractivity contribution in [3.05, 3.63) is 167 Å². The summed E-state index contributed by atoms with van der Waals surface area (Å²) in [5, 5.41) is 10.6. The summed E-state index contributed by atoms with van der Waals surface area (Å²) in [5.41, 5.74) is 9.70. The monoisotopic (exact) mass is 762 g/mol. The van der Waals surface area contributed by atoms with Crippen LogP contribution in [0.25, 0.3) is 104 Å². The van der Waals surface area contributed by atoms with Gasteiger partial charge in [0.25, 0.3) is 0 Å². The topological polar surface area (TPSA) is 31.0 Å². The van der Waals surface area contributed by atoms with Crippen molar-refractivity contribution in [1.82, 2.24) is 9.55 Å². The number of hydrogen-bond acceptors (Lipinski definition) is 2. The fraction of sp³-hybridized carbons (Fsp3) is 0. The molecule has 0 atom stereocenters. The van der Waals surface area contributed by atoms with Crippen molar-refractivity contribution in [1.29, 1.82) is 0 Å². The zero-order chi connectivity index (χ0) is 33.6. The minimum Gasteiger partial charge on any atom is -0.455 e. The highest BCUT2D eigenvalue weighted by Crippen LogP contribution is 2.43.